The average Bonchev–Trinajstić information content (AvgIpc) is 2.82. The van der Waals surface area contributed by atoms with Crippen LogP contribution in [0.15, 0.2) is 42.9 Å². The molecular weight excluding hydrogens is 416 g/mol. The van der Waals surface area contributed by atoms with Crippen molar-refractivity contribution >= 4 is 17.6 Å². The maximum Gasteiger partial charge on any atom is 0.162 e. The van der Waals surface area contributed by atoms with Crippen LogP contribution in [0.3, 0.4) is 0 Å². The standard InChI is InChI=1S/C25H30N6O2/c1-17(4-5-19-12-22(32-2)23(33-3)13-21(19)27)31-15-20(16-31)24-25(29-9-8-28-24)30-10-6-18(14-26)7-11-30/h4-5,8-9,12-13,18,20H,1,6-7,10-11,15-16,27H2,2-3H3/b5-4-. The number of nitrogens with zero attached hydrogens (tertiary/aromatic N) is 5. The fourth-order valence-electron chi connectivity index (χ4n) is 4.33. The number of anilines is 2. The number of hydrogen-bond acceptors (Lipinski definition) is 8. The van der Waals surface area contributed by atoms with Gasteiger partial charge in [0.15, 0.2) is 17.3 Å². The minimum Gasteiger partial charge on any atom is -0.493 e. The second-order valence-corrected chi connectivity index (χ2v) is 8.42. The quantitative estimate of drug-likeness (QED) is 0.510. The average molecular weight is 447 g/mol. The Hall–Kier alpha value is -3.73. The summed E-state index contributed by atoms with van der Waals surface area (Å²) in [7, 11) is 3.19. The van der Waals surface area contributed by atoms with Crippen molar-refractivity contribution in [3.8, 4) is 17.6 Å². The molecule has 4 rings (SSSR count). The molecule has 2 fully saturated rings. The molecule has 8 nitrogen and oxygen atoms in total. The lowest BCUT2D eigenvalue weighted by molar-refractivity contribution is 0.203. The predicted octanol–water partition coefficient (Wildman–Crippen LogP) is 3.44. The first-order chi connectivity index (χ1) is 16.0. The third-order valence-corrected chi connectivity index (χ3v) is 6.40. The smallest absolute Gasteiger partial charge is 0.162 e. The van der Waals surface area contributed by atoms with Crippen molar-refractivity contribution in [2.75, 3.05) is 51.0 Å². The van der Waals surface area contributed by atoms with Gasteiger partial charge in [-0.1, -0.05) is 12.7 Å². The van der Waals surface area contributed by atoms with Crippen molar-refractivity contribution in [1.82, 2.24) is 14.9 Å². The van der Waals surface area contributed by atoms with E-state index in [0.717, 1.165) is 61.8 Å². The molecule has 2 aliphatic heterocycles. The molecule has 0 atom stereocenters. The minimum atomic E-state index is 0.149. The molecule has 33 heavy (non-hydrogen) atoms. The number of aromatic nitrogens is 2. The van der Waals surface area contributed by atoms with Crippen LogP contribution in [-0.4, -0.2) is 55.3 Å². The number of likely N-dealkylation sites (tertiary alicyclic amines) is 1. The van der Waals surface area contributed by atoms with Gasteiger partial charge in [-0.2, -0.15) is 5.26 Å². The summed E-state index contributed by atoms with van der Waals surface area (Å²) in [5.74, 6) is 2.65. The van der Waals surface area contributed by atoms with Gasteiger partial charge in [0.2, 0.25) is 0 Å². The molecule has 0 spiro atoms. The van der Waals surface area contributed by atoms with Crippen molar-refractivity contribution in [2.24, 2.45) is 5.92 Å². The van der Waals surface area contributed by atoms with Crippen LogP contribution in [0.2, 0.25) is 0 Å². The number of methoxy groups -OCH3 is 2. The first kappa shape index (κ1) is 22.5. The van der Waals surface area contributed by atoms with Crippen LogP contribution in [-0.2, 0) is 0 Å². The van der Waals surface area contributed by atoms with Gasteiger partial charge in [-0.25, -0.2) is 4.98 Å². The van der Waals surface area contributed by atoms with E-state index in [9.17, 15) is 0 Å². The molecule has 172 valence electrons. The Balaban J connectivity index is 1.39. The maximum atomic E-state index is 9.17. The fraction of sp³-hybridized carbons (Fsp3) is 0.400. The molecule has 0 saturated carbocycles. The van der Waals surface area contributed by atoms with Gasteiger partial charge in [0.05, 0.1) is 26.0 Å². The second kappa shape index (κ2) is 9.82. The molecule has 0 unspecified atom stereocenters. The summed E-state index contributed by atoms with van der Waals surface area (Å²) < 4.78 is 10.7. The number of nitrogens with two attached hydrogens (primary N) is 1. The zero-order valence-corrected chi connectivity index (χ0v) is 19.2. The Kier molecular flexibility index (Phi) is 6.68. The van der Waals surface area contributed by atoms with Crippen LogP contribution in [0, 0.1) is 17.2 Å². The normalized spacial score (nSPS) is 17.0. The van der Waals surface area contributed by atoms with Crippen molar-refractivity contribution in [3.63, 3.8) is 0 Å². The second-order valence-electron chi connectivity index (χ2n) is 8.42. The number of ether oxygens (including phenoxy) is 2. The number of nitriles is 1. The highest BCUT2D eigenvalue weighted by Gasteiger charge is 2.33. The van der Waals surface area contributed by atoms with E-state index in [0.29, 0.717) is 23.1 Å². The molecule has 0 amide bonds. The van der Waals surface area contributed by atoms with Crippen LogP contribution >= 0.6 is 0 Å². The highest BCUT2D eigenvalue weighted by atomic mass is 16.5. The lowest BCUT2D eigenvalue weighted by atomic mass is 9.93. The largest absolute Gasteiger partial charge is 0.493 e. The summed E-state index contributed by atoms with van der Waals surface area (Å²) >= 11 is 0. The van der Waals surface area contributed by atoms with Crippen molar-refractivity contribution < 1.29 is 9.47 Å². The van der Waals surface area contributed by atoms with Crippen LogP contribution in [0.5, 0.6) is 11.5 Å². The van der Waals surface area contributed by atoms with E-state index in [-0.39, 0.29) is 5.92 Å². The molecular formula is C25H30N6O2. The van der Waals surface area contributed by atoms with E-state index in [2.05, 4.69) is 32.4 Å². The summed E-state index contributed by atoms with van der Waals surface area (Å²) in [6.45, 7) is 7.60. The maximum absolute atomic E-state index is 9.17. The number of allylic oxidation sites excluding steroid dienone is 1. The van der Waals surface area contributed by atoms with Gasteiger partial charge in [0.1, 0.15) is 0 Å². The lowest BCUT2D eigenvalue weighted by Crippen LogP contribution is -2.45. The minimum absolute atomic E-state index is 0.149. The number of rotatable bonds is 7. The molecule has 2 aromatic rings. The zero-order chi connectivity index (χ0) is 23.4. The van der Waals surface area contributed by atoms with Gasteiger partial charge in [-0.05, 0) is 25.0 Å². The van der Waals surface area contributed by atoms with E-state index in [1.165, 1.54) is 0 Å². The molecule has 1 aromatic carbocycles. The van der Waals surface area contributed by atoms with Crippen molar-refractivity contribution in [2.45, 2.75) is 18.8 Å². The van der Waals surface area contributed by atoms with E-state index in [1.807, 2.05) is 18.2 Å². The first-order valence-corrected chi connectivity index (χ1v) is 11.1. The van der Waals surface area contributed by atoms with E-state index >= 15 is 0 Å². The molecule has 3 heterocycles. The Labute approximate surface area is 194 Å². The third-order valence-electron chi connectivity index (χ3n) is 6.40. The SMILES string of the molecule is C=C(/C=C\c1cc(OC)c(OC)cc1N)N1CC(c2nccnc2N2CCC(C#N)CC2)C1. The monoisotopic (exact) mass is 446 g/mol. The summed E-state index contributed by atoms with van der Waals surface area (Å²) in [6.07, 6.45) is 9.19. The number of piperidine rings is 1. The molecule has 0 bridgehead atoms. The number of benzene rings is 1. The van der Waals surface area contributed by atoms with Gasteiger partial charge in [0, 0.05) is 73.4 Å². The van der Waals surface area contributed by atoms with Crippen LogP contribution < -0.4 is 20.1 Å². The van der Waals surface area contributed by atoms with E-state index in [4.69, 9.17) is 20.5 Å². The molecule has 2 N–H and O–H groups in total. The topological polar surface area (TPSA) is 101 Å². The molecule has 2 aliphatic rings. The van der Waals surface area contributed by atoms with Gasteiger partial charge >= 0.3 is 0 Å². The molecule has 0 aliphatic carbocycles. The highest BCUT2D eigenvalue weighted by molar-refractivity contribution is 5.70. The van der Waals surface area contributed by atoms with E-state index < -0.39 is 0 Å². The Morgan fingerprint density at radius 2 is 1.82 bits per heavy atom. The van der Waals surface area contributed by atoms with Gasteiger partial charge in [-0.15, -0.1) is 0 Å². The fourth-order valence-corrected chi connectivity index (χ4v) is 4.33. The third kappa shape index (κ3) is 4.72. The molecule has 8 heteroatoms. The highest BCUT2D eigenvalue weighted by Crippen LogP contribution is 2.36. The van der Waals surface area contributed by atoms with Gasteiger partial charge in [-0.3, -0.25) is 4.98 Å². The first-order valence-electron chi connectivity index (χ1n) is 11.1. The predicted molar refractivity (Wildman–Crippen MR) is 129 cm³/mol. The lowest BCUT2D eigenvalue weighted by Gasteiger charge is -2.42. The Bertz CT molecular complexity index is 1080. The van der Waals surface area contributed by atoms with Crippen molar-refractivity contribution in [1.29, 1.82) is 5.26 Å². The molecule has 0 radical (unpaired) electrons. The van der Waals surface area contributed by atoms with E-state index in [1.54, 1.807) is 32.7 Å². The van der Waals surface area contributed by atoms with Crippen molar-refractivity contribution in [3.05, 3.63) is 54.1 Å². The Morgan fingerprint density at radius 1 is 1.15 bits per heavy atom. The van der Waals surface area contributed by atoms with Gasteiger partial charge in [0.25, 0.3) is 0 Å². The number of hydrogen-bond donors (Lipinski definition) is 1. The Morgan fingerprint density at radius 3 is 2.48 bits per heavy atom. The summed E-state index contributed by atoms with van der Waals surface area (Å²) in [5, 5.41) is 9.17. The zero-order valence-electron chi connectivity index (χ0n) is 19.2. The van der Waals surface area contributed by atoms with Crippen LogP contribution in [0.1, 0.15) is 30.0 Å². The summed E-state index contributed by atoms with van der Waals surface area (Å²) in [4.78, 5) is 13.8. The summed E-state index contributed by atoms with van der Waals surface area (Å²) in [6, 6.07) is 6.01. The molecule has 2 saturated heterocycles. The molecule has 1 aromatic heterocycles. The van der Waals surface area contributed by atoms with Gasteiger partial charge < -0.3 is 25.0 Å². The number of nitrogen functional groups attached to an aromatic ring is 1. The van der Waals surface area contributed by atoms with Crippen LogP contribution in [0.25, 0.3) is 6.08 Å². The summed E-state index contributed by atoms with van der Waals surface area (Å²) in [5.41, 5.74) is 9.58. The van der Waals surface area contributed by atoms with Crippen LogP contribution in [0.4, 0.5) is 11.5 Å².